The van der Waals surface area contributed by atoms with Crippen LogP contribution in [0.15, 0.2) is 66.9 Å². The standard InChI is InChI=1S/C37H47N7O2/c1-26-37(46)41(2)34-23-38-35(22-33(34)44(26)25-27-7-4-3-5-8-27)39-31-10-6-9-29(21-31)36(45)40-30-13-15-32(16-14-30)43-19-17-42(18-20-43)24-28-11-12-28/h3-10,21-23,26,28,30,32H,11-20,24-25H2,1-2H3,(H,38,39)(H,40,45)/t26?,30-,32+. The molecule has 3 heterocycles. The van der Waals surface area contributed by atoms with E-state index >= 15 is 0 Å². The van der Waals surface area contributed by atoms with Crippen molar-refractivity contribution in [3.63, 3.8) is 0 Å². The monoisotopic (exact) mass is 621 g/mol. The molecule has 7 rings (SSSR count). The molecule has 0 radical (unpaired) electrons. The van der Waals surface area contributed by atoms with E-state index in [9.17, 15) is 9.59 Å². The van der Waals surface area contributed by atoms with Crippen LogP contribution in [-0.4, -0.2) is 84.5 Å². The van der Waals surface area contributed by atoms with Crippen LogP contribution < -0.4 is 20.4 Å². The minimum atomic E-state index is -0.308. The van der Waals surface area contributed by atoms with Crippen molar-refractivity contribution in [1.82, 2.24) is 20.1 Å². The summed E-state index contributed by atoms with van der Waals surface area (Å²) in [6.07, 6.45) is 8.98. The summed E-state index contributed by atoms with van der Waals surface area (Å²) in [5.74, 6) is 1.65. The van der Waals surface area contributed by atoms with Crippen LogP contribution in [-0.2, 0) is 11.3 Å². The summed E-state index contributed by atoms with van der Waals surface area (Å²) in [5.41, 5.74) is 4.30. The maximum atomic E-state index is 13.3. The number of nitrogens with one attached hydrogen (secondary N) is 2. The van der Waals surface area contributed by atoms with E-state index in [1.165, 1.54) is 45.6 Å². The number of amides is 2. The molecule has 9 heteroatoms. The van der Waals surface area contributed by atoms with E-state index < -0.39 is 0 Å². The number of nitrogens with zero attached hydrogens (tertiary/aromatic N) is 5. The van der Waals surface area contributed by atoms with E-state index in [-0.39, 0.29) is 23.9 Å². The Balaban J connectivity index is 0.960. The van der Waals surface area contributed by atoms with Crippen LogP contribution >= 0.6 is 0 Å². The van der Waals surface area contributed by atoms with Crippen molar-refractivity contribution in [2.24, 2.45) is 5.92 Å². The minimum Gasteiger partial charge on any atom is -0.354 e. The van der Waals surface area contributed by atoms with Crippen molar-refractivity contribution in [1.29, 1.82) is 0 Å². The number of likely N-dealkylation sites (N-methyl/N-ethyl adjacent to an activating group) is 1. The Bertz CT molecular complexity index is 1530. The normalized spacial score (nSPS) is 24.0. The molecule has 2 aliphatic carbocycles. The number of rotatable bonds is 9. The van der Waals surface area contributed by atoms with Gasteiger partial charge in [0, 0.05) is 75.7 Å². The third kappa shape index (κ3) is 6.90. The number of benzene rings is 2. The Kier molecular flexibility index (Phi) is 8.95. The number of aromatic nitrogens is 1. The molecule has 2 N–H and O–H groups in total. The van der Waals surface area contributed by atoms with E-state index in [2.05, 4.69) is 42.5 Å². The van der Waals surface area contributed by atoms with Crippen LogP contribution in [0.3, 0.4) is 0 Å². The lowest BCUT2D eigenvalue weighted by molar-refractivity contribution is -0.119. The van der Waals surface area contributed by atoms with Crippen LogP contribution in [0.25, 0.3) is 0 Å². The van der Waals surface area contributed by atoms with Crippen molar-refractivity contribution in [2.75, 3.05) is 54.9 Å². The molecule has 1 atom stereocenters. The molecule has 46 heavy (non-hydrogen) atoms. The third-order valence-corrected chi connectivity index (χ3v) is 10.4. The van der Waals surface area contributed by atoms with Crippen molar-refractivity contribution in [3.8, 4) is 0 Å². The highest BCUT2D eigenvalue weighted by molar-refractivity contribution is 6.05. The first-order valence-corrected chi connectivity index (χ1v) is 17.1. The molecule has 1 saturated heterocycles. The molecule has 242 valence electrons. The highest BCUT2D eigenvalue weighted by Crippen LogP contribution is 2.38. The quantitative estimate of drug-likeness (QED) is 0.337. The van der Waals surface area contributed by atoms with Crippen molar-refractivity contribution >= 4 is 34.7 Å². The Hall–Kier alpha value is -3.95. The summed E-state index contributed by atoms with van der Waals surface area (Å²) < 4.78 is 0. The highest BCUT2D eigenvalue weighted by atomic mass is 16.2. The van der Waals surface area contributed by atoms with Crippen molar-refractivity contribution < 1.29 is 9.59 Å². The number of carbonyl (C=O) groups is 2. The summed E-state index contributed by atoms with van der Waals surface area (Å²) >= 11 is 0. The van der Waals surface area contributed by atoms with Gasteiger partial charge in [0.2, 0.25) is 5.91 Å². The fourth-order valence-corrected chi connectivity index (χ4v) is 7.45. The van der Waals surface area contributed by atoms with E-state index in [1.807, 2.05) is 55.5 Å². The molecule has 2 amide bonds. The minimum absolute atomic E-state index is 0.0258. The van der Waals surface area contributed by atoms with Gasteiger partial charge in [-0.05, 0) is 75.1 Å². The van der Waals surface area contributed by atoms with Crippen LogP contribution in [0.2, 0.25) is 0 Å². The molecular weight excluding hydrogens is 574 g/mol. The zero-order valence-electron chi connectivity index (χ0n) is 27.2. The molecule has 3 aromatic rings. The number of anilines is 4. The maximum absolute atomic E-state index is 13.3. The summed E-state index contributed by atoms with van der Waals surface area (Å²) in [4.78, 5) is 40.2. The van der Waals surface area contributed by atoms with Gasteiger partial charge in [0.25, 0.3) is 5.91 Å². The van der Waals surface area contributed by atoms with E-state index in [4.69, 9.17) is 0 Å². The first-order valence-electron chi connectivity index (χ1n) is 17.1. The first kappa shape index (κ1) is 30.7. The second kappa shape index (κ2) is 13.4. The van der Waals surface area contributed by atoms with E-state index in [0.717, 1.165) is 54.2 Å². The lowest BCUT2D eigenvalue weighted by Crippen LogP contribution is -2.52. The topological polar surface area (TPSA) is 84.0 Å². The Labute approximate surface area is 273 Å². The largest absolute Gasteiger partial charge is 0.354 e. The van der Waals surface area contributed by atoms with Crippen molar-refractivity contribution in [3.05, 3.63) is 78.0 Å². The van der Waals surface area contributed by atoms with Crippen LogP contribution in [0, 0.1) is 5.92 Å². The van der Waals surface area contributed by atoms with Crippen LogP contribution in [0.1, 0.15) is 61.4 Å². The predicted molar refractivity (Wildman–Crippen MR) is 184 cm³/mol. The van der Waals surface area contributed by atoms with E-state index in [0.29, 0.717) is 24.0 Å². The van der Waals surface area contributed by atoms with Gasteiger partial charge in [-0.25, -0.2) is 4.98 Å². The molecule has 0 bridgehead atoms. The number of hydrogen-bond donors (Lipinski definition) is 2. The van der Waals surface area contributed by atoms with E-state index in [1.54, 1.807) is 18.1 Å². The summed E-state index contributed by atoms with van der Waals surface area (Å²) in [5, 5.41) is 6.72. The zero-order valence-corrected chi connectivity index (χ0v) is 27.2. The lowest BCUT2D eigenvalue weighted by Gasteiger charge is -2.42. The van der Waals surface area contributed by atoms with Gasteiger partial charge in [0.15, 0.2) is 0 Å². The lowest BCUT2D eigenvalue weighted by atomic mass is 9.89. The maximum Gasteiger partial charge on any atom is 0.251 e. The summed E-state index contributed by atoms with van der Waals surface area (Å²) in [6, 6.07) is 20.4. The molecular formula is C37H47N7O2. The molecule has 3 fully saturated rings. The van der Waals surface area contributed by atoms with Gasteiger partial charge >= 0.3 is 0 Å². The van der Waals surface area contributed by atoms with Gasteiger partial charge < -0.3 is 25.3 Å². The van der Waals surface area contributed by atoms with Gasteiger partial charge in [0.05, 0.1) is 17.6 Å². The summed E-state index contributed by atoms with van der Waals surface area (Å²) in [7, 11) is 1.80. The second-order valence-corrected chi connectivity index (χ2v) is 13.7. The van der Waals surface area contributed by atoms with Gasteiger partial charge in [-0.1, -0.05) is 36.4 Å². The SMILES string of the molecule is CC1C(=O)N(C)c2cnc(Nc3cccc(C(=O)N[C@H]4CC[C@@H](N5CCN(CC6CC6)CC5)CC4)c3)cc2N1Cc1ccccc1. The number of piperazine rings is 1. The van der Waals surface area contributed by atoms with Crippen LogP contribution in [0.4, 0.5) is 22.9 Å². The molecule has 2 aromatic carbocycles. The molecule has 2 saturated carbocycles. The fourth-order valence-electron chi connectivity index (χ4n) is 7.45. The Morgan fingerprint density at radius 1 is 0.891 bits per heavy atom. The van der Waals surface area contributed by atoms with Gasteiger partial charge in [-0.15, -0.1) is 0 Å². The number of carbonyl (C=O) groups excluding carboxylic acids is 2. The fraction of sp³-hybridized carbons (Fsp3) is 0.486. The zero-order chi connectivity index (χ0) is 31.6. The highest BCUT2D eigenvalue weighted by Gasteiger charge is 2.34. The first-order chi connectivity index (χ1) is 22.4. The number of fused-ring (bicyclic) bond motifs is 1. The average Bonchev–Trinajstić information content (AvgIpc) is 3.91. The summed E-state index contributed by atoms with van der Waals surface area (Å²) in [6.45, 7) is 8.66. The molecule has 1 aromatic heterocycles. The average molecular weight is 622 g/mol. The Morgan fingerprint density at radius 3 is 2.39 bits per heavy atom. The Morgan fingerprint density at radius 2 is 1.65 bits per heavy atom. The van der Waals surface area contributed by atoms with Crippen LogP contribution in [0.5, 0.6) is 0 Å². The molecule has 2 aliphatic heterocycles. The molecule has 9 nitrogen and oxygen atoms in total. The van der Waals surface area contributed by atoms with Gasteiger partial charge in [-0.2, -0.15) is 0 Å². The number of pyridine rings is 1. The molecule has 0 spiro atoms. The molecule has 4 aliphatic rings. The van der Waals surface area contributed by atoms with Gasteiger partial charge in [0.1, 0.15) is 11.9 Å². The predicted octanol–water partition coefficient (Wildman–Crippen LogP) is 5.27. The number of hydrogen-bond acceptors (Lipinski definition) is 7. The molecule has 1 unspecified atom stereocenters. The second-order valence-electron chi connectivity index (χ2n) is 13.7. The third-order valence-electron chi connectivity index (χ3n) is 10.4. The smallest absolute Gasteiger partial charge is 0.251 e. The van der Waals surface area contributed by atoms with Gasteiger partial charge in [-0.3, -0.25) is 14.5 Å². The van der Waals surface area contributed by atoms with Crippen molar-refractivity contribution in [2.45, 2.75) is 70.1 Å².